The Balaban J connectivity index is 1.45. The summed E-state index contributed by atoms with van der Waals surface area (Å²) in [5, 5.41) is 3.21. The molecule has 4 aromatic carbocycles. The molecule has 0 aliphatic rings. The van der Waals surface area contributed by atoms with E-state index in [0.717, 1.165) is 0 Å². The van der Waals surface area contributed by atoms with E-state index in [9.17, 15) is 26.4 Å². The number of rotatable bonds is 9. The molecule has 1 amide bonds. The number of carbonyl (C=O) groups excluding carboxylic acids is 1. The minimum Gasteiger partial charge on any atom is -0.456 e. The van der Waals surface area contributed by atoms with Gasteiger partial charge >= 0.3 is 5.51 Å². The third-order valence-corrected chi connectivity index (χ3v) is 7.95. The highest BCUT2D eigenvalue weighted by Crippen LogP contribution is 2.36. The quantitative estimate of drug-likeness (QED) is 0.183. The Morgan fingerprint density at radius 1 is 0.900 bits per heavy atom. The Kier molecular flexibility index (Phi) is 9.19. The minimum atomic E-state index is -4.40. The summed E-state index contributed by atoms with van der Waals surface area (Å²) >= 11 is 11.9. The number of halogens is 5. The van der Waals surface area contributed by atoms with Crippen LogP contribution in [-0.2, 0) is 16.6 Å². The monoisotopic (exact) mass is 626 g/mol. The van der Waals surface area contributed by atoms with E-state index in [1.165, 1.54) is 66.7 Å². The average molecular weight is 627 g/mol. The second-order valence-electron chi connectivity index (χ2n) is 8.17. The Morgan fingerprint density at radius 2 is 1.57 bits per heavy atom. The molecule has 0 unspecified atom stereocenters. The largest absolute Gasteiger partial charge is 0.456 e. The summed E-state index contributed by atoms with van der Waals surface area (Å²) in [5.41, 5.74) is -3.92. The number of anilines is 1. The van der Waals surface area contributed by atoms with Crippen molar-refractivity contribution >= 4 is 56.6 Å². The second-order valence-corrected chi connectivity index (χ2v) is 11.8. The maximum atomic E-state index is 13.1. The van der Waals surface area contributed by atoms with Crippen LogP contribution in [-0.4, -0.2) is 19.8 Å². The van der Waals surface area contributed by atoms with Gasteiger partial charge in [0.25, 0.3) is 15.9 Å². The van der Waals surface area contributed by atoms with E-state index in [1.807, 2.05) is 0 Å². The SMILES string of the molecule is O=C(NCc1ccc(SC(F)(F)F)cc1)c1cc(Cl)ccc1NS(=O)(=O)c1ccc(Oc2ccccc2Cl)cc1. The van der Waals surface area contributed by atoms with Gasteiger partial charge < -0.3 is 10.1 Å². The van der Waals surface area contributed by atoms with Crippen molar-refractivity contribution in [2.75, 3.05) is 4.72 Å². The number of hydrogen-bond donors (Lipinski definition) is 2. The predicted octanol–water partition coefficient (Wildman–Crippen LogP) is 8.13. The summed E-state index contributed by atoms with van der Waals surface area (Å²) in [5.74, 6) is 0.131. The first kappa shape index (κ1) is 29.6. The van der Waals surface area contributed by atoms with Crippen LogP contribution in [0.15, 0.2) is 101 Å². The predicted molar refractivity (Wildman–Crippen MR) is 150 cm³/mol. The number of nitrogens with one attached hydrogen (secondary N) is 2. The smallest absolute Gasteiger partial charge is 0.446 e. The first-order valence-corrected chi connectivity index (χ1v) is 14.4. The van der Waals surface area contributed by atoms with Gasteiger partial charge in [-0.15, -0.1) is 0 Å². The standard InChI is InChI=1S/C27H19Cl2F3N2O4S2/c28-18-7-14-24(22(15-18)26(35)33-16-17-5-10-20(11-6-17)39-27(30,31)32)34-40(36,37)21-12-8-19(9-13-21)38-25-4-2-1-3-23(25)29/h1-15,34H,16H2,(H,33,35). The van der Waals surface area contributed by atoms with Gasteiger partial charge in [-0.3, -0.25) is 9.52 Å². The van der Waals surface area contributed by atoms with E-state index in [2.05, 4.69) is 10.0 Å². The number of sulfonamides is 1. The molecular formula is C27H19Cl2F3N2O4S2. The molecule has 2 N–H and O–H groups in total. The number of alkyl halides is 3. The van der Waals surface area contributed by atoms with Crippen LogP contribution >= 0.6 is 35.0 Å². The molecule has 13 heteroatoms. The fourth-order valence-electron chi connectivity index (χ4n) is 3.42. The molecule has 208 valence electrons. The number of hydrogen-bond acceptors (Lipinski definition) is 5. The molecule has 4 aromatic rings. The van der Waals surface area contributed by atoms with Crippen molar-refractivity contribution in [2.45, 2.75) is 21.8 Å². The molecule has 0 saturated carbocycles. The van der Waals surface area contributed by atoms with Gasteiger partial charge in [0.15, 0.2) is 0 Å². The third-order valence-electron chi connectivity index (χ3n) is 5.28. The number of thioether (sulfide) groups is 1. The van der Waals surface area contributed by atoms with E-state index in [4.69, 9.17) is 27.9 Å². The topological polar surface area (TPSA) is 84.5 Å². The lowest BCUT2D eigenvalue weighted by Crippen LogP contribution is -2.25. The zero-order valence-electron chi connectivity index (χ0n) is 20.2. The van der Waals surface area contributed by atoms with Gasteiger partial charge in [-0.05, 0) is 84.1 Å². The lowest BCUT2D eigenvalue weighted by Gasteiger charge is -2.14. The molecular weight excluding hydrogens is 608 g/mol. The fourth-order valence-corrected chi connectivity index (χ4v) is 5.39. The summed E-state index contributed by atoms with van der Waals surface area (Å²) in [7, 11) is -4.12. The van der Waals surface area contributed by atoms with Gasteiger partial charge in [-0.2, -0.15) is 13.2 Å². The summed E-state index contributed by atoms with van der Waals surface area (Å²) in [6.45, 7) is -0.0125. The van der Waals surface area contributed by atoms with Gasteiger partial charge in [0, 0.05) is 16.5 Å². The zero-order chi connectivity index (χ0) is 28.9. The van der Waals surface area contributed by atoms with E-state index >= 15 is 0 Å². The number of ether oxygens (including phenoxy) is 1. The summed E-state index contributed by atoms with van der Waals surface area (Å²) in [4.78, 5) is 12.9. The zero-order valence-corrected chi connectivity index (χ0v) is 23.4. The Labute approximate surface area is 242 Å². The highest BCUT2D eigenvalue weighted by molar-refractivity contribution is 8.00. The number of benzene rings is 4. The average Bonchev–Trinajstić information content (AvgIpc) is 2.90. The minimum absolute atomic E-state index is 0.0116. The van der Waals surface area contributed by atoms with Crippen LogP contribution in [0.25, 0.3) is 0 Å². The van der Waals surface area contributed by atoms with E-state index in [1.54, 1.807) is 24.3 Å². The molecule has 0 spiro atoms. The normalized spacial score (nSPS) is 11.6. The van der Waals surface area contributed by atoms with Crippen LogP contribution in [0.2, 0.25) is 10.0 Å². The van der Waals surface area contributed by atoms with E-state index < -0.39 is 21.4 Å². The van der Waals surface area contributed by atoms with Crippen molar-refractivity contribution in [2.24, 2.45) is 0 Å². The van der Waals surface area contributed by atoms with Crippen molar-refractivity contribution in [3.8, 4) is 11.5 Å². The van der Waals surface area contributed by atoms with Crippen molar-refractivity contribution in [1.82, 2.24) is 5.32 Å². The van der Waals surface area contributed by atoms with Crippen LogP contribution in [0.5, 0.6) is 11.5 Å². The van der Waals surface area contributed by atoms with E-state index in [-0.39, 0.29) is 44.4 Å². The Bertz CT molecular complexity index is 1620. The molecule has 6 nitrogen and oxygen atoms in total. The molecule has 0 bridgehead atoms. The highest BCUT2D eigenvalue weighted by atomic mass is 35.5. The van der Waals surface area contributed by atoms with Gasteiger partial charge in [0.05, 0.1) is 21.2 Å². The highest BCUT2D eigenvalue weighted by Gasteiger charge is 2.29. The summed E-state index contributed by atoms with van der Waals surface area (Å²) in [6, 6.07) is 22.0. The molecule has 0 radical (unpaired) electrons. The molecule has 40 heavy (non-hydrogen) atoms. The number of para-hydroxylation sites is 1. The molecule has 0 saturated heterocycles. The van der Waals surface area contributed by atoms with Crippen LogP contribution < -0.4 is 14.8 Å². The van der Waals surface area contributed by atoms with Crippen molar-refractivity contribution in [1.29, 1.82) is 0 Å². The van der Waals surface area contributed by atoms with Crippen molar-refractivity contribution in [3.63, 3.8) is 0 Å². The van der Waals surface area contributed by atoms with Crippen LogP contribution in [0, 0.1) is 0 Å². The number of amides is 1. The maximum Gasteiger partial charge on any atom is 0.446 e. The van der Waals surface area contributed by atoms with Crippen LogP contribution in [0.4, 0.5) is 18.9 Å². The van der Waals surface area contributed by atoms with Gasteiger partial charge in [-0.25, -0.2) is 8.42 Å². The lowest BCUT2D eigenvalue weighted by molar-refractivity contribution is -0.0328. The lowest BCUT2D eigenvalue weighted by atomic mass is 10.1. The molecule has 0 aromatic heterocycles. The fraction of sp³-hybridized carbons (Fsp3) is 0.0741. The van der Waals surface area contributed by atoms with Gasteiger partial charge in [-0.1, -0.05) is 47.5 Å². The van der Waals surface area contributed by atoms with Crippen molar-refractivity contribution in [3.05, 3.63) is 112 Å². The molecule has 4 rings (SSSR count). The van der Waals surface area contributed by atoms with E-state index in [0.29, 0.717) is 22.1 Å². The first-order valence-electron chi connectivity index (χ1n) is 11.4. The summed E-state index contributed by atoms with van der Waals surface area (Å²) in [6.07, 6.45) is 0. The molecule has 0 aliphatic heterocycles. The molecule has 0 aliphatic carbocycles. The molecule has 0 atom stereocenters. The number of carbonyl (C=O) groups is 1. The maximum absolute atomic E-state index is 13.1. The van der Waals surface area contributed by atoms with Gasteiger partial charge in [0.1, 0.15) is 11.5 Å². The van der Waals surface area contributed by atoms with Crippen LogP contribution in [0.3, 0.4) is 0 Å². The molecule has 0 fully saturated rings. The molecule has 0 heterocycles. The van der Waals surface area contributed by atoms with Gasteiger partial charge in [0.2, 0.25) is 0 Å². The third kappa shape index (κ3) is 8.07. The second kappa shape index (κ2) is 12.4. The Hall–Kier alpha value is -3.38. The summed E-state index contributed by atoms with van der Waals surface area (Å²) < 4.78 is 71.8. The Morgan fingerprint density at radius 3 is 2.23 bits per heavy atom. The van der Waals surface area contributed by atoms with Crippen molar-refractivity contribution < 1.29 is 31.1 Å². The first-order chi connectivity index (χ1) is 18.9. The van der Waals surface area contributed by atoms with Crippen LogP contribution in [0.1, 0.15) is 15.9 Å².